The molecule has 1 aromatic carbocycles. The second kappa shape index (κ2) is 6.33. The lowest BCUT2D eigenvalue weighted by Gasteiger charge is -2.09. The number of benzene rings is 1. The third-order valence-corrected chi connectivity index (χ3v) is 2.81. The van der Waals surface area contributed by atoms with Crippen LogP contribution >= 0.6 is 0 Å². The van der Waals surface area contributed by atoms with Gasteiger partial charge in [0.2, 0.25) is 0 Å². The zero-order valence-electron chi connectivity index (χ0n) is 11.6. The van der Waals surface area contributed by atoms with Gasteiger partial charge in [0.25, 0.3) is 0 Å². The first kappa shape index (κ1) is 13.5. The molecular weight excluding hydrogens is 240 g/mol. The predicted molar refractivity (Wildman–Crippen MR) is 73.8 cm³/mol. The Morgan fingerprint density at radius 1 is 1.26 bits per heavy atom. The summed E-state index contributed by atoms with van der Waals surface area (Å²) in [5.41, 5.74) is 1.25. The van der Waals surface area contributed by atoms with Gasteiger partial charge in [0.05, 0.1) is 0 Å². The van der Waals surface area contributed by atoms with Crippen molar-refractivity contribution in [3.63, 3.8) is 0 Å². The van der Waals surface area contributed by atoms with E-state index < -0.39 is 0 Å². The SMILES string of the molecule is CC(C)NCc1ccc(OCc2nncn2C)cc1. The maximum atomic E-state index is 5.67. The Balaban J connectivity index is 1.86. The second-order valence-electron chi connectivity index (χ2n) is 4.83. The lowest BCUT2D eigenvalue weighted by atomic mass is 10.2. The van der Waals surface area contributed by atoms with Crippen LogP contribution in [-0.4, -0.2) is 20.8 Å². The Morgan fingerprint density at radius 3 is 2.58 bits per heavy atom. The molecule has 0 aliphatic heterocycles. The molecule has 2 rings (SSSR count). The van der Waals surface area contributed by atoms with E-state index in [4.69, 9.17) is 4.74 Å². The van der Waals surface area contributed by atoms with Crippen molar-refractivity contribution in [3.05, 3.63) is 42.0 Å². The fraction of sp³-hybridized carbons (Fsp3) is 0.429. The highest BCUT2D eigenvalue weighted by molar-refractivity contribution is 5.27. The number of aromatic nitrogens is 3. The van der Waals surface area contributed by atoms with Crippen LogP contribution in [0.25, 0.3) is 0 Å². The smallest absolute Gasteiger partial charge is 0.170 e. The van der Waals surface area contributed by atoms with Gasteiger partial charge in [-0.05, 0) is 17.7 Å². The van der Waals surface area contributed by atoms with Crippen molar-refractivity contribution in [1.29, 1.82) is 0 Å². The highest BCUT2D eigenvalue weighted by atomic mass is 16.5. The molecule has 0 unspecified atom stereocenters. The fourth-order valence-electron chi connectivity index (χ4n) is 1.61. The van der Waals surface area contributed by atoms with Gasteiger partial charge in [-0.25, -0.2) is 0 Å². The molecule has 19 heavy (non-hydrogen) atoms. The highest BCUT2D eigenvalue weighted by Gasteiger charge is 2.02. The molecule has 0 bridgehead atoms. The van der Waals surface area contributed by atoms with Crippen LogP contribution in [0.5, 0.6) is 5.75 Å². The van der Waals surface area contributed by atoms with Gasteiger partial charge >= 0.3 is 0 Å². The van der Waals surface area contributed by atoms with Gasteiger partial charge in [-0.15, -0.1) is 10.2 Å². The van der Waals surface area contributed by atoms with Crippen LogP contribution in [0.1, 0.15) is 25.2 Å². The zero-order chi connectivity index (χ0) is 13.7. The third kappa shape index (κ3) is 4.06. The minimum atomic E-state index is 0.431. The van der Waals surface area contributed by atoms with Crippen molar-refractivity contribution in [2.45, 2.75) is 33.0 Å². The highest BCUT2D eigenvalue weighted by Crippen LogP contribution is 2.13. The Bertz CT molecular complexity index is 504. The van der Waals surface area contributed by atoms with E-state index in [9.17, 15) is 0 Å². The number of aryl methyl sites for hydroxylation is 1. The fourth-order valence-corrected chi connectivity index (χ4v) is 1.61. The summed E-state index contributed by atoms with van der Waals surface area (Å²) in [5.74, 6) is 1.65. The van der Waals surface area contributed by atoms with Crippen LogP contribution in [0.4, 0.5) is 0 Å². The van der Waals surface area contributed by atoms with Crippen molar-refractivity contribution < 1.29 is 4.74 Å². The average Bonchev–Trinajstić information content (AvgIpc) is 2.81. The Hall–Kier alpha value is -1.88. The standard InChI is InChI=1S/C14H20N4O/c1-11(2)15-8-12-4-6-13(7-5-12)19-9-14-17-16-10-18(14)3/h4-7,10-11,15H,8-9H2,1-3H3. The minimum Gasteiger partial charge on any atom is -0.486 e. The van der Waals surface area contributed by atoms with Gasteiger partial charge < -0.3 is 14.6 Å². The summed E-state index contributed by atoms with van der Waals surface area (Å²) >= 11 is 0. The maximum absolute atomic E-state index is 5.67. The van der Waals surface area contributed by atoms with E-state index >= 15 is 0 Å². The summed E-state index contributed by atoms with van der Waals surface area (Å²) < 4.78 is 7.52. The van der Waals surface area contributed by atoms with Crippen molar-refractivity contribution in [2.24, 2.45) is 7.05 Å². The van der Waals surface area contributed by atoms with Gasteiger partial charge in [-0.2, -0.15) is 0 Å². The topological polar surface area (TPSA) is 52.0 Å². The molecule has 1 aromatic heterocycles. The number of hydrogen-bond donors (Lipinski definition) is 1. The lowest BCUT2D eigenvalue weighted by molar-refractivity contribution is 0.291. The maximum Gasteiger partial charge on any atom is 0.170 e. The van der Waals surface area contributed by atoms with Crippen LogP contribution in [0, 0.1) is 0 Å². The molecule has 2 aromatic rings. The van der Waals surface area contributed by atoms with Gasteiger partial charge in [0.15, 0.2) is 5.82 Å². The minimum absolute atomic E-state index is 0.431. The molecule has 0 spiro atoms. The molecule has 0 amide bonds. The molecule has 5 heteroatoms. The molecule has 0 saturated heterocycles. The molecule has 1 N–H and O–H groups in total. The van der Waals surface area contributed by atoms with Crippen LogP contribution in [0.15, 0.2) is 30.6 Å². The summed E-state index contributed by atoms with van der Waals surface area (Å²) in [6, 6.07) is 8.59. The first-order valence-electron chi connectivity index (χ1n) is 6.43. The van der Waals surface area contributed by atoms with Crippen molar-refractivity contribution in [2.75, 3.05) is 0 Å². The molecule has 0 fully saturated rings. The normalized spacial score (nSPS) is 10.9. The van der Waals surface area contributed by atoms with E-state index in [0.717, 1.165) is 18.1 Å². The summed E-state index contributed by atoms with van der Waals surface area (Å²) in [5, 5.41) is 11.2. The lowest BCUT2D eigenvalue weighted by Crippen LogP contribution is -2.21. The van der Waals surface area contributed by atoms with E-state index in [-0.39, 0.29) is 0 Å². The van der Waals surface area contributed by atoms with Crippen LogP contribution in [-0.2, 0) is 20.2 Å². The second-order valence-corrected chi connectivity index (χ2v) is 4.83. The van der Waals surface area contributed by atoms with Crippen LogP contribution in [0.3, 0.4) is 0 Å². The molecule has 0 aliphatic carbocycles. The quantitative estimate of drug-likeness (QED) is 0.861. The van der Waals surface area contributed by atoms with E-state index in [1.165, 1.54) is 5.56 Å². The summed E-state index contributed by atoms with van der Waals surface area (Å²) in [7, 11) is 1.90. The molecule has 0 atom stereocenters. The Morgan fingerprint density at radius 2 is 2.00 bits per heavy atom. The van der Waals surface area contributed by atoms with Crippen LogP contribution < -0.4 is 10.1 Å². The molecule has 0 aliphatic rings. The molecule has 0 radical (unpaired) electrons. The summed E-state index contributed by atoms with van der Waals surface area (Å²) in [6.07, 6.45) is 1.67. The predicted octanol–water partition coefficient (Wildman–Crippen LogP) is 1.89. The molecule has 5 nitrogen and oxygen atoms in total. The molecule has 1 heterocycles. The number of nitrogens with one attached hydrogen (secondary N) is 1. The molecule has 102 valence electrons. The molecule has 0 saturated carbocycles. The monoisotopic (exact) mass is 260 g/mol. The number of nitrogens with zero attached hydrogens (tertiary/aromatic N) is 3. The van der Waals surface area contributed by atoms with Crippen molar-refractivity contribution in [3.8, 4) is 5.75 Å². The van der Waals surface area contributed by atoms with E-state index in [0.29, 0.717) is 12.6 Å². The van der Waals surface area contributed by atoms with Crippen molar-refractivity contribution >= 4 is 0 Å². The Labute approximate surface area is 113 Å². The Kier molecular flexibility index (Phi) is 4.52. The number of rotatable bonds is 6. The van der Waals surface area contributed by atoms with Gasteiger partial charge in [0, 0.05) is 19.6 Å². The third-order valence-electron chi connectivity index (χ3n) is 2.81. The zero-order valence-corrected chi connectivity index (χ0v) is 11.6. The van der Waals surface area contributed by atoms with E-state index in [1.807, 2.05) is 23.7 Å². The summed E-state index contributed by atoms with van der Waals surface area (Å²) in [6.45, 7) is 5.58. The largest absolute Gasteiger partial charge is 0.486 e. The van der Waals surface area contributed by atoms with Crippen LogP contribution in [0.2, 0.25) is 0 Å². The van der Waals surface area contributed by atoms with Gasteiger partial charge in [0.1, 0.15) is 18.7 Å². The van der Waals surface area contributed by atoms with E-state index in [2.05, 4.69) is 41.5 Å². The number of hydrogen-bond acceptors (Lipinski definition) is 4. The van der Waals surface area contributed by atoms with E-state index in [1.54, 1.807) is 6.33 Å². The first-order valence-corrected chi connectivity index (χ1v) is 6.43. The number of ether oxygens (including phenoxy) is 1. The van der Waals surface area contributed by atoms with Gasteiger partial charge in [-0.3, -0.25) is 0 Å². The van der Waals surface area contributed by atoms with Crippen molar-refractivity contribution in [1.82, 2.24) is 20.1 Å². The first-order chi connectivity index (χ1) is 9.15. The average molecular weight is 260 g/mol. The summed E-state index contributed by atoms with van der Waals surface area (Å²) in [4.78, 5) is 0. The molecular formula is C14H20N4O. The van der Waals surface area contributed by atoms with Gasteiger partial charge in [-0.1, -0.05) is 26.0 Å².